The first-order chi connectivity index (χ1) is 9.65. The first-order valence-corrected chi connectivity index (χ1v) is 5.73. The highest BCUT2D eigenvalue weighted by Gasteiger charge is 2.08. The molecule has 1 aromatic heterocycles. The van der Waals surface area contributed by atoms with E-state index in [1.54, 1.807) is 12.3 Å². The number of hydrogen-bond donors (Lipinski definition) is 1. The van der Waals surface area contributed by atoms with Gasteiger partial charge in [-0.25, -0.2) is 9.97 Å². The van der Waals surface area contributed by atoms with Crippen molar-refractivity contribution in [1.29, 1.82) is 0 Å². The average molecular weight is 279 g/mol. The lowest BCUT2D eigenvalue weighted by Gasteiger charge is -2.06. The van der Waals surface area contributed by atoms with E-state index in [1.165, 1.54) is 30.6 Å². The number of carbonyl (C=O) groups is 1. The number of nitrogens with zero attached hydrogens (tertiary/aromatic N) is 2. The van der Waals surface area contributed by atoms with Crippen molar-refractivity contribution in [2.75, 3.05) is 0 Å². The predicted molar refractivity (Wildman–Crippen MR) is 66.3 cm³/mol. The number of benzene rings is 1. The van der Waals surface area contributed by atoms with E-state index in [-0.39, 0.29) is 18.2 Å². The molecule has 0 aliphatic carbocycles. The van der Waals surface area contributed by atoms with Crippen LogP contribution >= 0.6 is 0 Å². The molecule has 0 aliphatic rings. The van der Waals surface area contributed by atoms with Crippen LogP contribution in [0.2, 0.25) is 0 Å². The summed E-state index contributed by atoms with van der Waals surface area (Å²) in [6.07, 6.45) is 2.96. The lowest BCUT2D eigenvalue weighted by Crippen LogP contribution is -2.23. The van der Waals surface area contributed by atoms with Crippen LogP contribution in [0.15, 0.2) is 42.9 Å². The molecular formula is C13H11F2N3O2. The van der Waals surface area contributed by atoms with Crippen molar-refractivity contribution in [3.05, 3.63) is 54.1 Å². The Kier molecular flexibility index (Phi) is 4.54. The third-order valence-corrected chi connectivity index (χ3v) is 2.41. The van der Waals surface area contributed by atoms with E-state index >= 15 is 0 Å². The van der Waals surface area contributed by atoms with Crippen molar-refractivity contribution in [1.82, 2.24) is 15.3 Å². The molecule has 1 amide bonds. The summed E-state index contributed by atoms with van der Waals surface area (Å²) >= 11 is 0. The molecule has 104 valence electrons. The number of aromatic nitrogens is 2. The number of rotatable bonds is 5. The zero-order chi connectivity index (χ0) is 14.4. The second kappa shape index (κ2) is 6.55. The Morgan fingerprint density at radius 3 is 2.60 bits per heavy atom. The molecule has 0 spiro atoms. The Hall–Kier alpha value is -2.57. The number of alkyl halides is 2. The summed E-state index contributed by atoms with van der Waals surface area (Å²) in [6, 6.07) is 7.12. The maximum absolute atomic E-state index is 12.0. The summed E-state index contributed by atoms with van der Waals surface area (Å²) in [5.74, 6) is -0.320. The molecule has 2 aromatic rings. The van der Waals surface area contributed by atoms with Gasteiger partial charge in [0.05, 0.1) is 12.2 Å². The molecule has 0 saturated heterocycles. The molecular weight excluding hydrogens is 268 g/mol. The van der Waals surface area contributed by atoms with Crippen LogP contribution in [0.5, 0.6) is 5.75 Å². The van der Waals surface area contributed by atoms with E-state index in [2.05, 4.69) is 20.0 Å². The highest BCUT2D eigenvalue weighted by molar-refractivity contribution is 5.94. The predicted octanol–water partition coefficient (Wildman–Crippen LogP) is 2.01. The maximum Gasteiger partial charge on any atom is 0.387 e. The summed E-state index contributed by atoms with van der Waals surface area (Å²) in [5, 5.41) is 2.66. The van der Waals surface area contributed by atoms with Crippen molar-refractivity contribution in [2.24, 2.45) is 0 Å². The quantitative estimate of drug-likeness (QED) is 0.909. The van der Waals surface area contributed by atoms with Crippen LogP contribution in [0.1, 0.15) is 16.1 Å². The number of nitrogens with one attached hydrogen (secondary N) is 1. The van der Waals surface area contributed by atoms with Gasteiger partial charge in [-0.1, -0.05) is 0 Å². The molecule has 0 radical (unpaired) electrons. The molecule has 2 rings (SSSR count). The number of carbonyl (C=O) groups excluding carboxylic acids is 1. The van der Waals surface area contributed by atoms with Crippen LogP contribution in [0.4, 0.5) is 8.78 Å². The molecule has 0 bridgehead atoms. The van der Waals surface area contributed by atoms with E-state index in [9.17, 15) is 13.6 Å². The minimum absolute atomic E-state index is 0.00681. The third-order valence-electron chi connectivity index (χ3n) is 2.41. The fourth-order valence-corrected chi connectivity index (χ4v) is 1.48. The third kappa shape index (κ3) is 3.98. The van der Waals surface area contributed by atoms with Crippen LogP contribution in [-0.4, -0.2) is 22.5 Å². The zero-order valence-electron chi connectivity index (χ0n) is 10.3. The van der Waals surface area contributed by atoms with Crippen molar-refractivity contribution >= 4 is 5.91 Å². The Bertz CT molecular complexity index is 562. The Labute approximate surface area is 113 Å². The Morgan fingerprint density at radius 1 is 1.25 bits per heavy atom. The second-order valence-electron chi connectivity index (χ2n) is 3.79. The van der Waals surface area contributed by atoms with E-state index in [0.29, 0.717) is 11.3 Å². The largest absolute Gasteiger partial charge is 0.435 e. The van der Waals surface area contributed by atoms with E-state index in [1.807, 2.05) is 0 Å². The van der Waals surface area contributed by atoms with Crippen LogP contribution < -0.4 is 10.1 Å². The lowest BCUT2D eigenvalue weighted by atomic mass is 10.2. The molecule has 20 heavy (non-hydrogen) atoms. The monoisotopic (exact) mass is 279 g/mol. The van der Waals surface area contributed by atoms with Gasteiger partial charge < -0.3 is 10.1 Å². The standard InChI is InChI=1S/C13H11F2N3O2/c14-13(15)20-11-3-1-9(2-4-11)12(19)17-7-10-5-6-16-8-18-10/h1-6,8,13H,7H2,(H,17,19). The fourth-order valence-electron chi connectivity index (χ4n) is 1.48. The van der Waals surface area contributed by atoms with Crippen molar-refractivity contribution < 1.29 is 18.3 Å². The smallest absolute Gasteiger partial charge is 0.387 e. The molecule has 7 heteroatoms. The van der Waals surface area contributed by atoms with Gasteiger partial charge in [-0.2, -0.15) is 8.78 Å². The van der Waals surface area contributed by atoms with E-state index in [4.69, 9.17) is 0 Å². The maximum atomic E-state index is 12.0. The summed E-state index contributed by atoms with van der Waals surface area (Å²) in [4.78, 5) is 19.5. The Morgan fingerprint density at radius 2 is 2.00 bits per heavy atom. The minimum Gasteiger partial charge on any atom is -0.435 e. The van der Waals surface area contributed by atoms with Crippen molar-refractivity contribution in [3.63, 3.8) is 0 Å². The van der Waals surface area contributed by atoms with Crippen LogP contribution in [-0.2, 0) is 6.54 Å². The number of ether oxygens (including phenoxy) is 1. The van der Waals surface area contributed by atoms with Crippen LogP contribution in [0.25, 0.3) is 0 Å². The van der Waals surface area contributed by atoms with E-state index < -0.39 is 6.61 Å². The zero-order valence-corrected chi connectivity index (χ0v) is 10.3. The highest BCUT2D eigenvalue weighted by atomic mass is 19.3. The van der Waals surface area contributed by atoms with Gasteiger partial charge in [-0.3, -0.25) is 4.79 Å². The molecule has 1 aromatic carbocycles. The van der Waals surface area contributed by atoms with E-state index in [0.717, 1.165) is 0 Å². The highest BCUT2D eigenvalue weighted by Crippen LogP contribution is 2.14. The molecule has 5 nitrogen and oxygen atoms in total. The molecule has 1 heterocycles. The summed E-state index contributed by atoms with van der Waals surface area (Å²) in [6.45, 7) is -2.62. The normalized spacial score (nSPS) is 10.3. The molecule has 0 fully saturated rings. The van der Waals surface area contributed by atoms with Gasteiger partial charge in [0, 0.05) is 11.8 Å². The molecule has 0 unspecified atom stereocenters. The van der Waals surface area contributed by atoms with Gasteiger partial charge in [0.15, 0.2) is 0 Å². The molecule has 0 aliphatic heterocycles. The van der Waals surface area contributed by atoms with Crippen LogP contribution in [0, 0.1) is 0 Å². The Balaban J connectivity index is 1.92. The van der Waals surface area contributed by atoms with Gasteiger partial charge in [-0.15, -0.1) is 0 Å². The number of halogens is 2. The van der Waals surface area contributed by atoms with Gasteiger partial charge >= 0.3 is 6.61 Å². The average Bonchev–Trinajstić information content (AvgIpc) is 2.46. The van der Waals surface area contributed by atoms with Crippen LogP contribution in [0.3, 0.4) is 0 Å². The second-order valence-corrected chi connectivity index (χ2v) is 3.79. The topological polar surface area (TPSA) is 64.1 Å². The first-order valence-electron chi connectivity index (χ1n) is 5.73. The van der Waals surface area contributed by atoms with Gasteiger partial charge in [-0.05, 0) is 30.3 Å². The number of hydrogen-bond acceptors (Lipinski definition) is 4. The lowest BCUT2D eigenvalue weighted by molar-refractivity contribution is -0.0498. The van der Waals surface area contributed by atoms with Gasteiger partial charge in [0.2, 0.25) is 0 Å². The SMILES string of the molecule is O=C(NCc1ccncn1)c1ccc(OC(F)F)cc1. The summed E-state index contributed by atoms with van der Waals surface area (Å²) < 4.78 is 28.1. The first kappa shape index (κ1) is 13.9. The minimum atomic E-state index is -2.88. The van der Waals surface area contributed by atoms with Crippen molar-refractivity contribution in [3.8, 4) is 5.75 Å². The summed E-state index contributed by atoms with van der Waals surface area (Å²) in [5.41, 5.74) is 1.02. The van der Waals surface area contributed by atoms with Crippen molar-refractivity contribution in [2.45, 2.75) is 13.2 Å². The van der Waals surface area contributed by atoms with Gasteiger partial charge in [0.25, 0.3) is 5.91 Å². The fraction of sp³-hybridized carbons (Fsp3) is 0.154. The summed E-state index contributed by atoms with van der Waals surface area (Å²) in [7, 11) is 0. The van der Waals surface area contributed by atoms with Gasteiger partial charge in [0.1, 0.15) is 12.1 Å². The molecule has 0 saturated carbocycles. The molecule has 0 atom stereocenters. The number of amides is 1. The molecule has 1 N–H and O–H groups in total.